The van der Waals surface area contributed by atoms with E-state index in [4.69, 9.17) is 4.74 Å². The number of hydrogen-bond acceptors (Lipinski definition) is 4. The molecule has 4 rings (SSSR count). The second kappa shape index (κ2) is 9.21. The van der Waals surface area contributed by atoms with Gasteiger partial charge < -0.3 is 14.5 Å². The van der Waals surface area contributed by atoms with Gasteiger partial charge in [0.1, 0.15) is 11.6 Å². The first kappa shape index (κ1) is 21.5. The molecule has 8 heteroatoms. The highest BCUT2D eigenvalue weighted by atomic mass is 19.1. The quantitative estimate of drug-likeness (QED) is 0.616. The Morgan fingerprint density at radius 1 is 0.938 bits per heavy atom. The molecule has 0 N–H and O–H groups in total. The van der Waals surface area contributed by atoms with Crippen LogP contribution in [-0.4, -0.2) is 64.7 Å². The molecule has 2 heterocycles. The Morgan fingerprint density at radius 2 is 1.53 bits per heavy atom. The smallest absolute Gasteiger partial charge is 0.257 e. The average Bonchev–Trinajstić information content (AvgIpc) is 3.28. The second-order valence-corrected chi connectivity index (χ2v) is 7.56. The van der Waals surface area contributed by atoms with Crippen molar-refractivity contribution in [2.75, 3.05) is 33.3 Å². The summed E-state index contributed by atoms with van der Waals surface area (Å²) >= 11 is 0. The van der Waals surface area contributed by atoms with Crippen LogP contribution in [0.15, 0.2) is 54.7 Å². The zero-order valence-corrected chi connectivity index (χ0v) is 18.1. The monoisotopic (exact) mass is 436 g/mol. The number of aromatic nitrogens is 2. The van der Waals surface area contributed by atoms with E-state index in [-0.39, 0.29) is 17.6 Å². The van der Waals surface area contributed by atoms with Gasteiger partial charge in [-0.05, 0) is 55.0 Å². The lowest BCUT2D eigenvalue weighted by atomic mass is 10.1. The van der Waals surface area contributed by atoms with E-state index in [1.807, 2.05) is 6.92 Å². The Kier molecular flexibility index (Phi) is 6.20. The van der Waals surface area contributed by atoms with Crippen molar-refractivity contribution < 1.29 is 18.7 Å². The Balaban J connectivity index is 1.44. The van der Waals surface area contributed by atoms with E-state index < -0.39 is 0 Å². The summed E-state index contributed by atoms with van der Waals surface area (Å²) in [4.78, 5) is 29.5. The van der Waals surface area contributed by atoms with Gasteiger partial charge in [0.05, 0.1) is 30.3 Å². The molecule has 1 aromatic heterocycles. The zero-order valence-electron chi connectivity index (χ0n) is 18.1. The van der Waals surface area contributed by atoms with Crippen molar-refractivity contribution in [1.29, 1.82) is 0 Å². The van der Waals surface area contributed by atoms with Crippen molar-refractivity contribution in [2.24, 2.45) is 0 Å². The summed E-state index contributed by atoms with van der Waals surface area (Å²) in [7, 11) is 1.58. The number of ether oxygens (including phenoxy) is 1. The molecular weight excluding hydrogens is 411 g/mol. The molecule has 7 nitrogen and oxygen atoms in total. The third kappa shape index (κ3) is 4.21. The maximum Gasteiger partial charge on any atom is 0.257 e. The first-order chi connectivity index (χ1) is 15.5. The molecule has 1 aliphatic heterocycles. The Labute approximate surface area is 186 Å². The number of methoxy groups -OCH3 is 1. The van der Waals surface area contributed by atoms with Crippen molar-refractivity contribution in [3.05, 3.63) is 77.4 Å². The van der Waals surface area contributed by atoms with Gasteiger partial charge in [0, 0.05) is 31.7 Å². The highest BCUT2D eigenvalue weighted by molar-refractivity contribution is 5.96. The maximum atomic E-state index is 13.3. The molecule has 1 fully saturated rings. The maximum absolute atomic E-state index is 13.3. The fraction of sp³-hybridized carbons (Fsp3) is 0.292. The topological polar surface area (TPSA) is 67.7 Å². The van der Waals surface area contributed by atoms with Crippen molar-refractivity contribution in [3.8, 4) is 11.4 Å². The molecule has 0 unspecified atom stereocenters. The predicted molar refractivity (Wildman–Crippen MR) is 118 cm³/mol. The molecule has 32 heavy (non-hydrogen) atoms. The van der Waals surface area contributed by atoms with Gasteiger partial charge in [-0.3, -0.25) is 9.59 Å². The molecule has 0 radical (unpaired) electrons. The number of hydrogen-bond donors (Lipinski definition) is 0. The van der Waals surface area contributed by atoms with E-state index in [1.165, 1.54) is 12.1 Å². The second-order valence-electron chi connectivity index (χ2n) is 7.56. The molecule has 0 aliphatic carbocycles. The highest BCUT2D eigenvalue weighted by Crippen LogP contribution is 2.20. The van der Waals surface area contributed by atoms with Crippen LogP contribution < -0.4 is 4.74 Å². The average molecular weight is 436 g/mol. The standard InChI is InChI=1S/C24H25FN4O3/c1-3-22-21(16-26-29(22)19-8-6-18(25)7-9-19)24(31)28-14-12-27(13-15-28)23(30)17-4-10-20(32-2)11-5-17/h4-11,16H,3,12-15H2,1-2H3. The van der Waals surface area contributed by atoms with Gasteiger partial charge in [0.25, 0.3) is 11.8 Å². The molecule has 2 aromatic carbocycles. The van der Waals surface area contributed by atoms with Crippen LogP contribution in [0, 0.1) is 5.82 Å². The molecule has 0 bridgehead atoms. The number of benzene rings is 2. The minimum atomic E-state index is -0.322. The molecular formula is C24H25FN4O3. The number of rotatable bonds is 5. The van der Waals surface area contributed by atoms with Crippen molar-refractivity contribution >= 4 is 11.8 Å². The van der Waals surface area contributed by atoms with Gasteiger partial charge in [-0.25, -0.2) is 9.07 Å². The van der Waals surface area contributed by atoms with E-state index in [0.717, 1.165) is 5.69 Å². The third-order valence-electron chi connectivity index (χ3n) is 5.70. The summed E-state index contributed by atoms with van der Waals surface area (Å²) in [6, 6.07) is 13.0. The van der Waals surface area contributed by atoms with Crippen LogP contribution in [0.25, 0.3) is 5.69 Å². The lowest BCUT2D eigenvalue weighted by molar-refractivity contribution is 0.0535. The van der Waals surface area contributed by atoms with Gasteiger partial charge in [0.2, 0.25) is 0 Å². The predicted octanol–water partition coefficient (Wildman–Crippen LogP) is 3.18. The van der Waals surface area contributed by atoms with Crippen LogP contribution >= 0.6 is 0 Å². The molecule has 0 atom stereocenters. The number of halogens is 1. The molecule has 2 amide bonds. The Morgan fingerprint density at radius 3 is 2.09 bits per heavy atom. The van der Waals surface area contributed by atoms with Gasteiger partial charge >= 0.3 is 0 Å². The van der Waals surface area contributed by atoms with Crippen molar-refractivity contribution in [2.45, 2.75) is 13.3 Å². The van der Waals surface area contributed by atoms with E-state index in [9.17, 15) is 14.0 Å². The van der Waals surface area contributed by atoms with Gasteiger partial charge in [-0.1, -0.05) is 6.92 Å². The van der Waals surface area contributed by atoms with Crippen molar-refractivity contribution in [3.63, 3.8) is 0 Å². The Bertz CT molecular complexity index is 1100. The van der Waals surface area contributed by atoms with Crippen LogP contribution in [0.1, 0.15) is 33.3 Å². The van der Waals surface area contributed by atoms with E-state index in [1.54, 1.807) is 64.2 Å². The van der Waals surface area contributed by atoms with Crippen LogP contribution in [0.2, 0.25) is 0 Å². The zero-order chi connectivity index (χ0) is 22.7. The van der Waals surface area contributed by atoms with Gasteiger partial charge in [0.15, 0.2) is 0 Å². The summed E-state index contributed by atoms with van der Waals surface area (Å²) in [6.45, 7) is 3.78. The Hall–Kier alpha value is -3.68. The van der Waals surface area contributed by atoms with Gasteiger partial charge in [-0.15, -0.1) is 0 Å². The minimum Gasteiger partial charge on any atom is -0.497 e. The van der Waals surface area contributed by atoms with Crippen molar-refractivity contribution in [1.82, 2.24) is 19.6 Å². The summed E-state index contributed by atoms with van der Waals surface area (Å²) in [6.07, 6.45) is 2.17. The first-order valence-corrected chi connectivity index (χ1v) is 10.6. The fourth-order valence-electron chi connectivity index (χ4n) is 3.90. The van der Waals surface area contributed by atoms with E-state index in [2.05, 4.69) is 5.10 Å². The number of amides is 2. The number of carbonyl (C=O) groups excluding carboxylic acids is 2. The molecule has 3 aromatic rings. The molecule has 1 aliphatic rings. The number of nitrogens with zero attached hydrogens (tertiary/aromatic N) is 4. The SMILES string of the molecule is CCc1c(C(=O)N2CCN(C(=O)c3ccc(OC)cc3)CC2)cnn1-c1ccc(F)cc1. The highest BCUT2D eigenvalue weighted by Gasteiger charge is 2.28. The van der Waals surface area contributed by atoms with Gasteiger partial charge in [-0.2, -0.15) is 5.10 Å². The van der Waals surface area contributed by atoms with Crippen LogP contribution in [-0.2, 0) is 6.42 Å². The van der Waals surface area contributed by atoms with E-state index in [0.29, 0.717) is 55.2 Å². The molecule has 1 saturated heterocycles. The van der Waals surface area contributed by atoms with Crippen LogP contribution in [0.3, 0.4) is 0 Å². The lowest BCUT2D eigenvalue weighted by Crippen LogP contribution is -2.50. The van der Waals surface area contributed by atoms with Crippen LogP contribution in [0.5, 0.6) is 5.75 Å². The normalized spacial score (nSPS) is 13.8. The molecule has 0 spiro atoms. The molecule has 0 saturated carbocycles. The fourth-order valence-corrected chi connectivity index (χ4v) is 3.90. The summed E-state index contributed by atoms with van der Waals surface area (Å²) in [5, 5.41) is 4.37. The first-order valence-electron chi connectivity index (χ1n) is 10.6. The number of piperazine rings is 1. The third-order valence-corrected chi connectivity index (χ3v) is 5.70. The largest absolute Gasteiger partial charge is 0.497 e. The minimum absolute atomic E-state index is 0.0573. The van der Waals surface area contributed by atoms with Crippen LogP contribution in [0.4, 0.5) is 4.39 Å². The summed E-state index contributed by atoms with van der Waals surface area (Å²) in [5.74, 6) is 0.215. The summed E-state index contributed by atoms with van der Waals surface area (Å²) < 4.78 is 20.1. The summed E-state index contributed by atoms with van der Waals surface area (Å²) in [5.41, 5.74) is 2.61. The molecule has 166 valence electrons. The lowest BCUT2D eigenvalue weighted by Gasteiger charge is -2.34. The number of carbonyl (C=O) groups is 2. The van der Waals surface area contributed by atoms with E-state index >= 15 is 0 Å².